The lowest BCUT2D eigenvalue weighted by Crippen LogP contribution is -2.09. The van der Waals surface area contributed by atoms with E-state index in [4.69, 9.17) is 30.7 Å². The topological polar surface area (TPSA) is 81.8 Å². The van der Waals surface area contributed by atoms with Crippen LogP contribution in [0.25, 0.3) is 16.5 Å². The van der Waals surface area contributed by atoms with Crippen LogP contribution >= 0.6 is 11.6 Å². The van der Waals surface area contributed by atoms with Gasteiger partial charge in [0.05, 0.1) is 5.39 Å². The molecule has 7 heteroatoms. The molecule has 0 aliphatic heterocycles. The second-order valence-corrected chi connectivity index (χ2v) is 8.24. The molecule has 0 bridgehead atoms. The van der Waals surface area contributed by atoms with Gasteiger partial charge in [0.25, 0.3) is 0 Å². The van der Waals surface area contributed by atoms with Crippen molar-refractivity contribution in [2.45, 2.75) is 51.6 Å². The molecule has 180 valence electrons. The van der Waals surface area contributed by atoms with E-state index in [2.05, 4.69) is 24.7 Å². The van der Waals surface area contributed by atoms with Gasteiger partial charge in [0, 0.05) is 11.1 Å². The molecule has 0 saturated heterocycles. The minimum atomic E-state index is -1.03. The average Bonchev–Trinajstić information content (AvgIpc) is 3.15. The molecular weight excluding hydrogens is 454 g/mol. The highest BCUT2D eigenvalue weighted by Crippen LogP contribution is 2.35. The smallest absolute Gasteiger partial charge is 0.341 e. The Morgan fingerprint density at radius 2 is 2.24 bits per heavy atom. The summed E-state index contributed by atoms with van der Waals surface area (Å²) in [4.78, 5) is 10.9. The molecule has 2 aromatic rings. The molecule has 0 fully saturated rings. The zero-order valence-corrected chi connectivity index (χ0v) is 20.1. The summed E-state index contributed by atoms with van der Waals surface area (Å²) in [6, 6.07) is 5.21. The quantitative estimate of drug-likeness (QED) is 0.195. The Morgan fingerprint density at radius 3 is 2.97 bits per heavy atom. The first-order valence-corrected chi connectivity index (χ1v) is 11.9. The highest BCUT2D eigenvalue weighted by Gasteiger charge is 2.21. The van der Waals surface area contributed by atoms with Gasteiger partial charge in [-0.25, -0.2) is 4.79 Å². The fraction of sp³-hybridized carbons (Fsp3) is 0.333. The molecule has 1 aliphatic carbocycles. The lowest BCUT2D eigenvalue weighted by molar-refractivity contribution is -0.139. The van der Waals surface area contributed by atoms with Crippen molar-refractivity contribution >= 4 is 34.1 Å². The van der Waals surface area contributed by atoms with E-state index in [0.29, 0.717) is 17.1 Å². The maximum Gasteiger partial charge on any atom is 0.341 e. The number of aromatic nitrogens is 1. The third kappa shape index (κ3) is 6.87. The molecule has 1 aromatic heterocycles. The van der Waals surface area contributed by atoms with Gasteiger partial charge in [-0.1, -0.05) is 54.8 Å². The van der Waals surface area contributed by atoms with Crippen LogP contribution in [-0.2, 0) is 9.53 Å². The molecule has 1 unspecified atom stereocenters. The summed E-state index contributed by atoms with van der Waals surface area (Å²) in [5, 5.41) is 14.1. The van der Waals surface area contributed by atoms with Gasteiger partial charge >= 0.3 is 5.97 Å². The van der Waals surface area contributed by atoms with E-state index >= 15 is 0 Å². The van der Waals surface area contributed by atoms with Crippen LogP contribution in [-0.4, -0.2) is 28.9 Å². The van der Waals surface area contributed by atoms with E-state index in [1.165, 1.54) is 11.1 Å². The molecule has 0 saturated carbocycles. The van der Waals surface area contributed by atoms with Crippen molar-refractivity contribution in [3.8, 4) is 5.75 Å². The van der Waals surface area contributed by atoms with Gasteiger partial charge < -0.3 is 19.1 Å². The minimum Gasteiger partial charge on any atom is -0.486 e. The predicted octanol–water partition coefficient (Wildman–Crippen LogP) is 7.18. The number of benzene rings is 1. The van der Waals surface area contributed by atoms with Crippen LogP contribution in [0.2, 0.25) is 0 Å². The molecule has 0 spiro atoms. The van der Waals surface area contributed by atoms with Gasteiger partial charge in [-0.2, -0.15) is 0 Å². The van der Waals surface area contributed by atoms with E-state index in [1.807, 2.05) is 6.08 Å². The molecule has 1 aliphatic rings. The van der Waals surface area contributed by atoms with E-state index in [1.54, 1.807) is 36.4 Å². The first kappa shape index (κ1) is 25.4. The minimum absolute atomic E-state index is 0.126. The van der Waals surface area contributed by atoms with Crippen LogP contribution in [0.5, 0.6) is 5.75 Å². The molecule has 1 N–H and O–H groups in total. The number of carbonyl (C=O) groups is 1. The molecule has 0 amide bonds. The highest BCUT2D eigenvalue weighted by atomic mass is 35.5. The maximum atomic E-state index is 10.9. The first-order chi connectivity index (χ1) is 16.5. The lowest BCUT2D eigenvalue weighted by atomic mass is 9.95. The number of ether oxygens (including phenoxy) is 2. The average molecular weight is 484 g/mol. The second-order valence-electron chi connectivity index (χ2n) is 7.99. The zero-order chi connectivity index (χ0) is 24.3. The zero-order valence-electron chi connectivity index (χ0n) is 19.3. The van der Waals surface area contributed by atoms with E-state index in [-0.39, 0.29) is 6.10 Å². The van der Waals surface area contributed by atoms with Crippen molar-refractivity contribution in [2.24, 2.45) is 0 Å². The summed E-state index contributed by atoms with van der Waals surface area (Å²) in [6.07, 6.45) is 15.1. The van der Waals surface area contributed by atoms with Crippen LogP contribution in [0.15, 0.2) is 76.5 Å². The number of aliphatic carboxylic acids is 1. The summed E-state index contributed by atoms with van der Waals surface area (Å²) < 4.78 is 17.1. The van der Waals surface area contributed by atoms with Gasteiger partial charge in [-0.3, -0.25) is 0 Å². The van der Waals surface area contributed by atoms with Crippen molar-refractivity contribution in [3.63, 3.8) is 0 Å². The number of halogens is 1. The molecule has 34 heavy (non-hydrogen) atoms. The summed E-state index contributed by atoms with van der Waals surface area (Å²) in [6.45, 7) is 5.60. The molecule has 0 radical (unpaired) electrons. The molecule has 3 rings (SSSR count). The number of rotatable bonds is 12. The Bertz CT molecular complexity index is 1130. The molecule has 1 atom stereocenters. The van der Waals surface area contributed by atoms with Crippen molar-refractivity contribution in [1.82, 2.24) is 5.16 Å². The monoisotopic (exact) mass is 483 g/mol. The predicted molar refractivity (Wildman–Crippen MR) is 135 cm³/mol. The first-order valence-electron chi connectivity index (χ1n) is 11.5. The Balaban J connectivity index is 1.94. The van der Waals surface area contributed by atoms with Crippen LogP contribution in [0, 0.1) is 0 Å². The van der Waals surface area contributed by atoms with Gasteiger partial charge in [-0.15, -0.1) is 0 Å². The number of allylic oxidation sites excluding steroid dienone is 6. The van der Waals surface area contributed by atoms with Crippen molar-refractivity contribution in [1.29, 1.82) is 0 Å². The van der Waals surface area contributed by atoms with Gasteiger partial charge in [0.15, 0.2) is 12.2 Å². The van der Waals surface area contributed by atoms with E-state index in [0.717, 1.165) is 55.2 Å². The molecular formula is C27H30ClNO5. The Kier molecular flexibility index (Phi) is 9.59. The van der Waals surface area contributed by atoms with Crippen LogP contribution in [0.3, 0.4) is 0 Å². The number of unbranched alkanes of at least 4 members (excludes halogenated alkanes) is 2. The Labute approximate surface area is 204 Å². The van der Waals surface area contributed by atoms with Crippen molar-refractivity contribution < 1.29 is 23.9 Å². The van der Waals surface area contributed by atoms with Crippen LogP contribution in [0.4, 0.5) is 0 Å². The summed E-state index contributed by atoms with van der Waals surface area (Å²) in [7, 11) is 0. The summed E-state index contributed by atoms with van der Waals surface area (Å²) in [5.41, 5.74) is 5.08. The fourth-order valence-electron chi connectivity index (χ4n) is 3.87. The SMILES string of the molecule is C=C/C(=C\C=C\Cl)OC1C=CC(c2noc3ccc(OCC(=O)O)cc23)=C(CCCCC)CC1. The fourth-order valence-corrected chi connectivity index (χ4v) is 3.94. The third-order valence-electron chi connectivity index (χ3n) is 5.55. The number of carboxylic acids is 1. The van der Waals surface area contributed by atoms with Crippen molar-refractivity contribution in [3.05, 3.63) is 77.7 Å². The highest BCUT2D eigenvalue weighted by molar-refractivity contribution is 6.25. The standard InChI is InChI=1S/C27H30ClNO5/c1-3-5-6-8-19-10-11-21(33-20(4-2)9-7-16-28)12-14-23(19)27-24-17-22(32-18-26(30)31)13-15-25(24)34-29-27/h4,7,9,12-17,21H,2-3,5-6,8,10-11,18H2,1H3,(H,30,31)/b16-7+,20-9+. The summed E-state index contributed by atoms with van der Waals surface area (Å²) in [5.74, 6) is 0.0767. The van der Waals surface area contributed by atoms with E-state index < -0.39 is 12.6 Å². The molecule has 6 nitrogen and oxygen atoms in total. The largest absolute Gasteiger partial charge is 0.486 e. The van der Waals surface area contributed by atoms with Gasteiger partial charge in [0.2, 0.25) is 0 Å². The second kappa shape index (κ2) is 12.8. The van der Waals surface area contributed by atoms with E-state index in [9.17, 15) is 4.79 Å². The Morgan fingerprint density at radius 1 is 1.38 bits per heavy atom. The number of nitrogens with zero attached hydrogens (tertiary/aromatic N) is 1. The van der Waals surface area contributed by atoms with Gasteiger partial charge in [-0.05, 0) is 68.2 Å². The third-order valence-corrected chi connectivity index (χ3v) is 5.70. The van der Waals surface area contributed by atoms with Crippen molar-refractivity contribution in [2.75, 3.05) is 6.61 Å². The maximum absolute atomic E-state index is 10.9. The van der Waals surface area contributed by atoms with Crippen LogP contribution in [0.1, 0.15) is 51.1 Å². The Hall–Kier alpha value is -3.25. The van der Waals surface area contributed by atoms with Crippen LogP contribution < -0.4 is 4.74 Å². The number of fused-ring (bicyclic) bond motifs is 1. The normalized spacial score (nSPS) is 16.8. The lowest BCUT2D eigenvalue weighted by Gasteiger charge is -2.16. The number of hydrogen-bond acceptors (Lipinski definition) is 5. The number of hydrogen-bond donors (Lipinski definition) is 1. The molecule has 1 aromatic carbocycles. The number of carboxylic acid groups (broad SMARTS) is 1. The molecule has 1 heterocycles. The summed E-state index contributed by atoms with van der Waals surface area (Å²) >= 11 is 5.63. The van der Waals surface area contributed by atoms with Gasteiger partial charge in [0.1, 0.15) is 23.3 Å².